The summed E-state index contributed by atoms with van der Waals surface area (Å²) in [6, 6.07) is 4.54. The van der Waals surface area contributed by atoms with E-state index in [0.717, 1.165) is 55.5 Å². The molecular weight excluding hydrogens is 470 g/mol. The van der Waals surface area contributed by atoms with Crippen molar-refractivity contribution in [2.75, 3.05) is 50.7 Å². The number of carbonyl (C=O) groups excluding carboxylic acids is 4. The summed E-state index contributed by atoms with van der Waals surface area (Å²) in [5.41, 5.74) is 2.08. The average molecular weight is 508 g/mol. The van der Waals surface area contributed by atoms with Gasteiger partial charge in [0.15, 0.2) is 0 Å². The van der Waals surface area contributed by atoms with Crippen molar-refractivity contribution in [2.24, 2.45) is 11.3 Å². The lowest BCUT2D eigenvalue weighted by Crippen LogP contribution is -2.54. The topological polar surface area (TPSA) is 102 Å². The Bertz CT molecular complexity index is 1100. The Balaban J connectivity index is 1.07. The molecule has 0 bridgehead atoms. The van der Waals surface area contributed by atoms with Gasteiger partial charge in [-0.15, -0.1) is 0 Å². The van der Waals surface area contributed by atoms with E-state index < -0.39 is 23.8 Å². The zero-order valence-electron chi connectivity index (χ0n) is 21.5. The molecule has 0 aliphatic carbocycles. The minimum absolute atomic E-state index is 0.125. The molecule has 5 aliphatic rings. The largest absolute Gasteiger partial charge is 0.371 e. The van der Waals surface area contributed by atoms with Crippen LogP contribution in [0.5, 0.6) is 0 Å². The fourth-order valence-electron chi connectivity index (χ4n) is 7.03. The number of piperidine rings is 4. The highest BCUT2D eigenvalue weighted by molar-refractivity contribution is 6.23. The number of likely N-dealkylation sites (tertiary alicyclic amines) is 1. The van der Waals surface area contributed by atoms with Crippen LogP contribution in [0.2, 0.25) is 0 Å². The number of nitrogens with zero attached hydrogens (tertiary/aromatic N) is 3. The lowest BCUT2D eigenvalue weighted by molar-refractivity contribution is -0.136. The van der Waals surface area contributed by atoms with Crippen molar-refractivity contribution in [2.45, 2.75) is 57.4 Å². The molecule has 4 saturated heterocycles. The Morgan fingerprint density at radius 3 is 2.22 bits per heavy atom. The number of benzene rings is 1. The normalized spacial score (nSPS) is 27.1. The first-order valence-corrected chi connectivity index (χ1v) is 14.0. The molecule has 6 rings (SSSR count). The first-order valence-electron chi connectivity index (χ1n) is 14.0. The molecule has 1 unspecified atom stereocenters. The van der Waals surface area contributed by atoms with E-state index >= 15 is 0 Å². The molecule has 1 atom stereocenters. The summed E-state index contributed by atoms with van der Waals surface area (Å²) in [6.45, 7) is 7.89. The van der Waals surface area contributed by atoms with E-state index in [0.29, 0.717) is 16.5 Å². The van der Waals surface area contributed by atoms with Crippen molar-refractivity contribution in [3.05, 3.63) is 29.3 Å². The molecule has 9 heteroatoms. The van der Waals surface area contributed by atoms with Crippen LogP contribution >= 0.6 is 0 Å². The molecule has 5 aliphatic heterocycles. The Morgan fingerprint density at radius 2 is 1.51 bits per heavy atom. The van der Waals surface area contributed by atoms with E-state index in [1.165, 1.54) is 45.3 Å². The van der Waals surface area contributed by atoms with Crippen LogP contribution in [0.25, 0.3) is 0 Å². The van der Waals surface area contributed by atoms with Gasteiger partial charge in [0.25, 0.3) is 11.8 Å². The number of hydrogen-bond acceptors (Lipinski definition) is 7. The van der Waals surface area contributed by atoms with Gasteiger partial charge in [0, 0.05) is 31.7 Å². The van der Waals surface area contributed by atoms with Gasteiger partial charge in [-0.2, -0.15) is 0 Å². The van der Waals surface area contributed by atoms with Gasteiger partial charge in [0.1, 0.15) is 6.04 Å². The highest BCUT2D eigenvalue weighted by Gasteiger charge is 2.45. The van der Waals surface area contributed by atoms with Crippen LogP contribution in [0.15, 0.2) is 18.2 Å². The zero-order chi connectivity index (χ0) is 25.6. The lowest BCUT2D eigenvalue weighted by atomic mass is 9.71. The van der Waals surface area contributed by atoms with Gasteiger partial charge in [-0.25, -0.2) is 0 Å². The predicted octanol–water partition coefficient (Wildman–Crippen LogP) is 1.77. The van der Waals surface area contributed by atoms with Crippen LogP contribution < -0.4 is 15.5 Å². The summed E-state index contributed by atoms with van der Waals surface area (Å²) in [6.07, 6.45) is 7.75. The van der Waals surface area contributed by atoms with E-state index in [-0.39, 0.29) is 18.7 Å². The molecule has 1 spiro atoms. The second kappa shape index (κ2) is 9.83. The Hall–Kier alpha value is -2.78. The second-order valence-corrected chi connectivity index (χ2v) is 11.7. The summed E-state index contributed by atoms with van der Waals surface area (Å²) < 4.78 is 0. The van der Waals surface area contributed by atoms with Crippen molar-refractivity contribution in [3.8, 4) is 0 Å². The van der Waals surface area contributed by atoms with Gasteiger partial charge in [-0.1, -0.05) is 0 Å². The average Bonchev–Trinajstić information content (AvgIpc) is 3.16. The molecule has 2 N–H and O–H groups in total. The van der Waals surface area contributed by atoms with Gasteiger partial charge in [0.2, 0.25) is 11.8 Å². The first kappa shape index (κ1) is 24.6. The van der Waals surface area contributed by atoms with Gasteiger partial charge < -0.3 is 15.1 Å². The molecule has 5 heterocycles. The third-order valence-corrected chi connectivity index (χ3v) is 9.50. The van der Waals surface area contributed by atoms with Crippen LogP contribution in [0.3, 0.4) is 0 Å². The van der Waals surface area contributed by atoms with E-state index in [1.54, 1.807) is 6.07 Å². The van der Waals surface area contributed by atoms with Gasteiger partial charge in [-0.3, -0.25) is 29.4 Å². The number of amides is 4. The summed E-state index contributed by atoms with van der Waals surface area (Å²) >= 11 is 0. The van der Waals surface area contributed by atoms with Crippen molar-refractivity contribution >= 4 is 29.3 Å². The van der Waals surface area contributed by atoms with Crippen LogP contribution in [-0.2, 0) is 9.59 Å². The molecule has 9 nitrogen and oxygen atoms in total. The number of nitrogens with one attached hydrogen (secondary N) is 2. The van der Waals surface area contributed by atoms with Crippen LogP contribution in [0.4, 0.5) is 5.69 Å². The Labute approximate surface area is 217 Å². The van der Waals surface area contributed by atoms with Crippen molar-refractivity contribution < 1.29 is 19.2 Å². The number of carbonyl (C=O) groups is 4. The molecule has 1 aromatic carbocycles. The van der Waals surface area contributed by atoms with Gasteiger partial charge in [-0.05, 0) is 101 Å². The highest BCUT2D eigenvalue weighted by atomic mass is 16.2. The Kier molecular flexibility index (Phi) is 6.52. The molecule has 4 amide bonds. The number of anilines is 1. The molecule has 0 saturated carbocycles. The van der Waals surface area contributed by atoms with Gasteiger partial charge >= 0.3 is 0 Å². The quantitative estimate of drug-likeness (QED) is 0.599. The lowest BCUT2D eigenvalue weighted by Gasteiger charge is -2.48. The number of rotatable bonds is 4. The zero-order valence-corrected chi connectivity index (χ0v) is 21.5. The molecule has 0 radical (unpaired) electrons. The fourth-order valence-corrected chi connectivity index (χ4v) is 7.03. The molecule has 4 fully saturated rings. The van der Waals surface area contributed by atoms with E-state index in [1.807, 2.05) is 12.1 Å². The smallest absolute Gasteiger partial charge is 0.262 e. The van der Waals surface area contributed by atoms with Crippen molar-refractivity contribution in [1.82, 2.24) is 20.4 Å². The molecule has 1 aromatic rings. The number of hydrogen-bond donors (Lipinski definition) is 2. The van der Waals surface area contributed by atoms with Crippen LogP contribution in [0.1, 0.15) is 72.1 Å². The number of fused-ring (bicyclic) bond motifs is 1. The van der Waals surface area contributed by atoms with Crippen LogP contribution in [0, 0.1) is 11.3 Å². The maximum Gasteiger partial charge on any atom is 0.262 e. The maximum absolute atomic E-state index is 13.2. The molecule has 37 heavy (non-hydrogen) atoms. The van der Waals surface area contributed by atoms with Crippen molar-refractivity contribution in [3.63, 3.8) is 0 Å². The summed E-state index contributed by atoms with van der Waals surface area (Å²) in [7, 11) is 0. The van der Waals surface area contributed by atoms with E-state index in [2.05, 4.69) is 20.4 Å². The minimum atomic E-state index is -0.927. The van der Waals surface area contributed by atoms with Gasteiger partial charge in [0.05, 0.1) is 11.1 Å². The Morgan fingerprint density at radius 1 is 0.838 bits per heavy atom. The maximum atomic E-state index is 13.2. The third-order valence-electron chi connectivity index (χ3n) is 9.50. The van der Waals surface area contributed by atoms with E-state index in [4.69, 9.17) is 0 Å². The SMILES string of the molecule is O=C1CCC(N2C(=O)c3ccc(N4CCC5(CCN(CC6CCNCC6)CC5)CC4)cc3C2=O)C(=O)N1. The first-order chi connectivity index (χ1) is 17.9. The molecule has 198 valence electrons. The summed E-state index contributed by atoms with van der Waals surface area (Å²) in [4.78, 5) is 56.1. The second-order valence-electron chi connectivity index (χ2n) is 11.7. The van der Waals surface area contributed by atoms with Crippen LogP contribution in [-0.4, -0.2) is 85.3 Å². The monoisotopic (exact) mass is 507 g/mol. The highest BCUT2D eigenvalue weighted by Crippen LogP contribution is 2.43. The predicted molar refractivity (Wildman–Crippen MR) is 138 cm³/mol. The van der Waals surface area contributed by atoms with Crippen molar-refractivity contribution in [1.29, 1.82) is 0 Å². The fraction of sp³-hybridized carbons (Fsp3) is 0.643. The molecule has 0 aromatic heterocycles. The summed E-state index contributed by atoms with van der Waals surface area (Å²) in [5.74, 6) is -0.983. The number of imide groups is 2. The minimum Gasteiger partial charge on any atom is -0.371 e. The standard InChI is InChI=1S/C28H37N5O4/c34-24-4-3-23(25(35)30-24)33-26(36)21-2-1-20(17-22(21)27(33)37)32-15-9-28(10-16-32)7-13-31(14-8-28)18-19-5-11-29-12-6-19/h1-2,17,19,23,29H,3-16,18H2,(H,30,34,35). The third kappa shape index (κ3) is 4.68. The summed E-state index contributed by atoms with van der Waals surface area (Å²) in [5, 5.41) is 5.72. The molecular formula is C28H37N5O4. The van der Waals surface area contributed by atoms with E-state index in [9.17, 15) is 19.2 Å².